The Balaban J connectivity index is 2.44. The number of carboxylic acid groups (broad SMARTS) is 1. The summed E-state index contributed by atoms with van der Waals surface area (Å²) in [6, 6.07) is 5.67. The Hall–Kier alpha value is -1.77. The van der Waals surface area contributed by atoms with E-state index in [1.807, 2.05) is 19.1 Å². The van der Waals surface area contributed by atoms with E-state index < -0.39 is 11.6 Å². The molecule has 0 saturated heterocycles. The number of carboxylic acids is 1. The molecule has 0 bridgehead atoms. The summed E-state index contributed by atoms with van der Waals surface area (Å²) < 4.78 is 5.45. The number of fused-ring (bicyclic) bond motifs is 1. The van der Waals surface area contributed by atoms with Crippen LogP contribution in [0.3, 0.4) is 0 Å². The van der Waals surface area contributed by atoms with Crippen LogP contribution >= 0.6 is 0 Å². The number of aliphatic carboxylic acids is 1. The molecule has 1 aliphatic heterocycles. The first kappa shape index (κ1) is 9.77. The van der Waals surface area contributed by atoms with Crippen molar-refractivity contribution in [3.05, 3.63) is 35.4 Å². The quantitative estimate of drug-likeness (QED) is 0.763. The third-order valence-corrected chi connectivity index (χ3v) is 2.49. The normalized spacial score (nSPS) is 23.1. The van der Waals surface area contributed by atoms with E-state index in [0.29, 0.717) is 5.75 Å². The average molecular weight is 204 g/mol. The van der Waals surface area contributed by atoms with Crippen molar-refractivity contribution in [3.63, 3.8) is 0 Å². The van der Waals surface area contributed by atoms with Crippen LogP contribution in [0, 0.1) is 6.92 Å². The SMILES string of the molecule is Cc1ccc2c(c1)C=CC(C)(C(=O)O)O2. The van der Waals surface area contributed by atoms with Gasteiger partial charge in [-0.25, -0.2) is 4.79 Å². The van der Waals surface area contributed by atoms with Crippen LogP contribution in [0.4, 0.5) is 0 Å². The largest absolute Gasteiger partial charge is 0.478 e. The number of aryl methyl sites for hydroxylation is 1. The molecule has 1 atom stereocenters. The van der Waals surface area contributed by atoms with Gasteiger partial charge >= 0.3 is 5.97 Å². The van der Waals surface area contributed by atoms with E-state index in [1.165, 1.54) is 6.92 Å². The third-order valence-electron chi connectivity index (χ3n) is 2.49. The van der Waals surface area contributed by atoms with Gasteiger partial charge in [-0.2, -0.15) is 0 Å². The smallest absolute Gasteiger partial charge is 0.351 e. The van der Waals surface area contributed by atoms with Crippen LogP contribution < -0.4 is 4.74 Å². The molecule has 0 aromatic heterocycles. The lowest BCUT2D eigenvalue weighted by Crippen LogP contribution is -2.40. The fourth-order valence-electron chi connectivity index (χ4n) is 1.52. The highest BCUT2D eigenvalue weighted by Crippen LogP contribution is 2.31. The minimum Gasteiger partial charge on any atom is -0.478 e. The second kappa shape index (κ2) is 3.12. The second-order valence-corrected chi connectivity index (χ2v) is 3.89. The molecule has 3 nitrogen and oxygen atoms in total. The topological polar surface area (TPSA) is 46.5 Å². The van der Waals surface area contributed by atoms with E-state index >= 15 is 0 Å². The first-order chi connectivity index (χ1) is 7.01. The summed E-state index contributed by atoms with van der Waals surface area (Å²) in [5.74, 6) is -0.363. The van der Waals surface area contributed by atoms with Crippen molar-refractivity contribution < 1.29 is 14.6 Å². The van der Waals surface area contributed by atoms with Crippen molar-refractivity contribution in [2.24, 2.45) is 0 Å². The standard InChI is InChI=1S/C12H12O3/c1-8-3-4-10-9(7-8)5-6-12(2,15-10)11(13)14/h3-7H,1-2H3,(H,13,14). The molecule has 0 aliphatic carbocycles. The van der Waals surface area contributed by atoms with Crippen molar-refractivity contribution in [1.82, 2.24) is 0 Å². The summed E-state index contributed by atoms with van der Waals surface area (Å²) in [4.78, 5) is 11.0. The second-order valence-electron chi connectivity index (χ2n) is 3.89. The summed E-state index contributed by atoms with van der Waals surface area (Å²) in [7, 11) is 0. The van der Waals surface area contributed by atoms with E-state index in [-0.39, 0.29) is 0 Å². The molecule has 1 heterocycles. The highest BCUT2D eigenvalue weighted by atomic mass is 16.5. The number of benzene rings is 1. The summed E-state index contributed by atoms with van der Waals surface area (Å²) in [6.07, 6.45) is 3.36. The van der Waals surface area contributed by atoms with Crippen LogP contribution in [0.15, 0.2) is 24.3 Å². The van der Waals surface area contributed by atoms with E-state index in [1.54, 1.807) is 18.2 Å². The van der Waals surface area contributed by atoms with Gasteiger partial charge in [-0.1, -0.05) is 17.7 Å². The molecule has 0 radical (unpaired) electrons. The summed E-state index contributed by atoms with van der Waals surface area (Å²) in [6.45, 7) is 3.52. The van der Waals surface area contributed by atoms with Crippen LogP contribution in [0.25, 0.3) is 6.08 Å². The predicted molar refractivity (Wildman–Crippen MR) is 56.9 cm³/mol. The third kappa shape index (κ3) is 1.61. The molecule has 78 valence electrons. The van der Waals surface area contributed by atoms with Crippen LogP contribution in [0.1, 0.15) is 18.1 Å². The fourth-order valence-corrected chi connectivity index (χ4v) is 1.52. The molecule has 2 rings (SSSR count). The van der Waals surface area contributed by atoms with Gasteiger partial charge in [0, 0.05) is 5.56 Å². The molecule has 1 aromatic carbocycles. The van der Waals surface area contributed by atoms with Gasteiger partial charge in [0.15, 0.2) is 0 Å². The molecular formula is C12H12O3. The Labute approximate surface area is 88.0 Å². The lowest BCUT2D eigenvalue weighted by Gasteiger charge is -2.27. The zero-order valence-electron chi connectivity index (χ0n) is 8.65. The van der Waals surface area contributed by atoms with Gasteiger partial charge in [0.05, 0.1) is 0 Å². The Morgan fingerprint density at radius 3 is 2.87 bits per heavy atom. The maximum atomic E-state index is 11.0. The number of carbonyl (C=O) groups is 1. The van der Waals surface area contributed by atoms with Gasteiger partial charge in [-0.3, -0.25) is 0 Å². The predicted octanol–water partition coefficient (Wildman–Crippen LogP) is 2.24. The molecule has 0 spiro atoms. The van der Waals surface area contributed by atoms with E-state index in [0.717, 1.165) is 11.1 Å². The molecule has 15 heavy (non-hydrogen) atoms. The van der Waals surface area contributed by atoms with Crippen molar-refractivity contribution in [2.75, 3.05) is 0 Å². The van der Waals surface area contributed by atoms with Gasteiger partial charge < -0.3 is 9.84 Å². The maximum Gasteiger partial charge on any atom is 0.351 e. The highest BCUT2D eigenvalue weighted by molar-refractivity contribution is 5.83. The molecule has 1 aliphatic rings. The average Bonchev–Trinajstić information content (AvgIpc) is 2.18. The Bertz CT molecular complexity index is 448. The van der Waals surface area contributed by atoms with Crippen LogP contribution in [-0.2, 0) is 4.79 Å². The Morgan fingerprint density at radius 1 is 1.47 bits per heavy atom. The van der Waals surface area contributed by atoms with Gasteiger partial charge in [-0.05, 0) is 32.1 Å². The van der Waals surface area contributed by atoms with Gasteiger partial charge in [0.2, 0.25) is 5.60 Å². The van der Waals surface area contributed by atoms with E-state index in [9.17, 15) is 4.79 Å². The summed E-state index contributed by atoms with van der Waals surface area (Å²) in [5, 5.41) is 9.00. The van der Waals surface area contributed by atoms with Gasteiger partial charge in [0.1, 0.15) is 5.75 Å². The summed E-state index contributed by atoms with van der Waals surface area (Å²) >= 11 is 0. The van der Waals surface area contributed by atoms with Gasteiger partial charge in [0.25, 0.3) is 0 Å². The van der Waals surface area contributed by atoms with Crippen molar-refractivity contribution in [1.29, 1.82) is 0 Å². The van der Waals surface area contributed by atoms with Crippen molar-refractivity contribution >= 4 is 12.0 Å². The number of rotatable bonds is 1. The molecule has 0 amide bonds. The van der Waals surface area contributed by atoms with E-state index in [4.69, 9.17) is 9.84 Å². The first-order valence-electron chi connectivity index (χ1n) is 4.73. The molecular weight excluding hydrogens is 192 g/mol. The molecule has 1 N–H and O–H groups in total. The monoisotopic (exact) mass is 204 g/mol. The lowest BCUT2D eigenvalue weighted by atomic mass is 9.99. The van der Waals surface area contributed by atoms with Crippen molar-refractivity contribution in [2.45, 2.75) is 19.4 Å². The van der Waals surface area contributed by atoms with Crippen molar-refractivity contribution in [3.8, 4) is 5.75 Å². The van der Waals surface area contributed by atoms with Gasteiger partial charge in [-0.15, -0.1) is 0 Å². The van der Waals surface area contributed by atoms with Crippen LogP contribution in [-0.4, -0.2) is 16.7 Å². The minimum absolute atomic E-state index is 0.619. The fraction of sp³-hybridized carbons (Fsp3) is 0.250. The van der Waals surface area contributed by atoms with Crippen LogP contribution in [0.2, 0.25) is 0 Å². The number of hydrogen-bond donors (Lipinski definition) is 1. The molecule has 1 unspecified atom stereocenters. The van der Waals surface area contributed by atoms with E-state index in [2.05, 4.69) is 0 Å². The van der Waals surface area contributed by atoms with Crippen LogP contribution in [0.5, 0.6) is 5.75 Å². The molecule has 0 saturated carbocycles. The molecule has 1 aromatic rings. The Kier molecular flexibility index (Phi) is 2.03. The number of hydrogen-bond acceptors (Lipinski definition) is 2. The highest BCUT2D eigenvalue weighted by Gasteiger charge is 2.35. The molecule has 3 heteroatoms. The Morgan fingerprint density at radius 2 is 2.20 bits per heavy atom. The minimum atomic E-state index is -1.25. The lowest BCUT2D eigenvalue weighted by molar-refractivity contribution is -0.149. The zero-order chi connectivity index (χ0) is 11.1. The zero-order valence-corrected chi connectivity index (χ0v) is 8.65. The molecule has 0 fully saturated rings. The first-order valence-corrected chi connectivity index (χ1v) is 4.73. The number of ether oxygens (including phenoxy) is 1. The summed E-state index contributed by atoms with van der Waals surface area (Å²) in [5.41, 5.74) is 0.803. The maximum absolute atomic E-state index is 11.0.